The second-order valence-electron chi connectivity index (χ2n) is 3.32. The SMILES string of the molecule is CCC1(C)COCCN1C. The molecule has 0 bridgehead atoms. The number of hydrogen-bond donors (Lipinski definition) is 0. The Kier molecular flexibility index (Phi) is 2.32. The van der Waals surface area contributed by atoms with Crippen molar-refractivity contribution < 1.29 is 4.74 Å². The molecule has 0 saturated carbocycles. The third kappa shape index (κ3) is 1.32. The van der Waals surface area contributed by atoms with E-state index < -0.39 is 0 Å². The topological polar surface area (TPSA) is 12.5 Å². The molecule has 0 aromatic rings. The molecule has 0 radical (unpaired) electrons. The Hall–Kier alpha value is -0.0800. The molecule has 0 aromatic carbocycles. The van der Waals surface area contributed by atoms with Gasteiger partial charge < -0.3 is 4.74 Å². The van der Waals surface area contributed by atoms with E-state index in [0.29, 0.717) is 0 Å². The van der Waals surface area contributed by atoms with Crippen LogP contribution in [0.2, 0.25) is 0 Å². The summed E-state index contributed by atoms with van der Waals surface area (Å²) in [6, 6.07) is 0. The van der Waals surface area contributed by atoms with Gasteiger partial charge in [0.05, 0.1) is 13.2 Å². The first-order valence-corrected chi connectivity index (χ1v) is 3.98. The van der Waals surface area contributed by atoms with Crippen molar-refractivity contribution in [3.63, 3.8) is 0 Å². The van der Waals surface area contributed by atoms with E-state index in [9.17, 15) is 0 Å². The van der Waals surface area contributed by atoms with Gasteiger partial charge in [-0.25, -0.2) is 0 Å². The van der Waals surface area contributed by atoms with Crippen molar-refractivity contribution >= 4 is 0 Å². The molecule has 2 heteroatoms. The van der Waals surface area contributed by atoms with E-state index in [0.717, 1.165) is 19.8 Å². The Morgan fingerprint density at radius 1 is 1.60 bits per heavy atom. The van der Waals surface area contributed by atoms with E-state index >= 15 is 0 Å². The minimum Gasteiger partial charge on any atom is -0.378 e. The highest BCUT2D eigenvalue weighted by molar-refractivity contribution is 4.85. The molecule has 1 saturated heterocycles. The van der Waals surface area contributed by atoms with Gasteiger partial charge in [0, 0.05) is 12.1 Å². The van der Waals surface area contributed by atoms with Crippen molar-refractivity contribution in [2.24, 2.45) is 0 Å². The Balaban J connectivity index is 2.54. The molecule has 60 valence electrons. The fourth-order valence-corrected chi connectivity index (χ4v) is 1.25. The summed E-state index contributed by atoms with van der Waals surface area (Å²) >= 11 is 0. The molecule has 1 rings (SSSR count). The summed E-state index contributed by atoms with van der Waals surface area (Å²) in [5.74, 6) is 0. The molecular formula is C8H17NO. The third-order valence-corrected chi connectivity index (χ3v) is 2.67. The van der Waals surface area contributed by atoms with Gasteiger partial charge in [-0.05, 0) is 20.4 Å². The maximum Gasteiger partial charge on any atom is 0.0648 e. The van der Waals surface area contributed by atoms with Crippen molar-refractivity contribution in [2.45, 2.75) is 25.8 Å². The highest BCUT2D eigenvalue weighted by atomic mass is 16.5. The van der Waals surface area contributed by atoms with Crippen LogP contribution in [0.4, 0.5) is 0 Å². The fourth-order valence-electron chi connectivity index (χ4n) is 1.25. The molecule has 1 heterocycles. The van der Waals surface area contributed by atoms with E-state index in [2.05, 4.69) is 25.8 Å². The lowest BCUT2D eigenvalue weighted by Gasteiger charge is -2.41. The molecule has 0 N–H and O–H groups in total. The summed E-state index contributed by atoms with van der Waals surface area (Å²) in [6.07, 6.45) is 1.17. The van der Waals surface area contributed by atoms with Crippen molar-refractivity contribution in [1.82, 2.24) is 4.90 Å². The van der Waals surface area contributed by atoms with Crippen LogP contribution in [-0.4, -0.2) is 37.2 Å². The average Bonchev–Trinajstić information content (AvgIpc) is 1.96. The number of rotatable bonds is 1. The predicted molar refractivity (Wildman–Crippen MR) is 42.1 cm³/mol. The molecule has 1 unspecified atom stereocenters. The molecule has 1 fully saturated rings. The van der Waals surface area contributed by atoms with Gasteiger partial charge in [-0.15, -0.1) is 0 Å². The van der Waals surface area contributed by atoms with Crippen LogP contribution in [0.5, 0.6) is 0 Å². The molecule has 10 heavy (non-hydrogen) atoms. The molecule has 1 aliphatic heterocycles. The first-order valence-electron chi connectivity index (χ1n) is 3.98. The van der Waals surface area contributed by atoms with Crippen LogP contribution in [0.1, 0.15) is 20.3 Å². The Morgan fingerprint density at radius 2 is 2.30 bits per heavy atom. The maximum absolute atomic E-state index is 5.40. The second-order valence-corrected chi connectivity index (χ2v) is 3.32. The van der Waals surface area contributed by atoms with Crippen LogP contribution in [0.3, 0.4) is 0 Å². The molecule has 2 nitrogen and oxygen atoms in total. The van der Waals surface area contributed by atoms with Crippen molar-refractivity contribution in [3.8, 4) is 0 Å². The van der Waals surface area contributed by atoms with Gasteiger partial charge in [0.1, 0.15) is 0 Å². The second kappa shape index (κ2) is 2.89. The summed E-state index contributed by atoms with van der Waals surface area (Å²) < 4.78 is 5.40. The first kappa shape index (κ1) is 8.02. The molecule has 0 aliphatic carbocycles. The van der Waals surface area contributed by atoms with Gasteiger partial charge in [0.15, 0.2) is 0 Å². The fraction of sp³-hybridized carbons (Fsp3) is 1.00. The van der Waals surface area contributed by atoms with E-state index in [1.54, 1.807) is 0 Å². The highest BCUT2D eigenvalue weighted by Gasteiger charge is 2.30. The van der Waals surface area contributed by atoms with Gasteiger partial charge >= 0.3 is 0 Å². The smallest absolute Gasteiger partial charge is 0.0648 e. The van der Waals surface area contributed by atoms with Gasteiger partial charge in [-0.3, -0.25) is 4.90 Å². The summed E-state index contributed by atoms with van der Waals surface area (Å²) in [4.78, 5) is 2.39. The van der Waals surface area contributed by atoms with Crippen LogP contribution >= 0.6 is 0 Å². The summed E-state index contributed by atoms with van der Waals surface area (Å²) in [5.41, 5.74) is 0.290. The third-order valence-electron chi connectivity index (χ3n) is 2.67. The van der Waals surface area contributed by atoms with Crippen molar-refractivity contribution in [3.05, 3.63) is 0 Å². The average molecular weight is 143 g/mol. The lowest BCUT2D eigenvalue weighted by Crippen LogP contribution is -2.52. The minimum absolute atomic E-state index is 0.290. The number of hydrogen-bond acceptors (Lipinski definition) is 2. The van der Waals surface area contributed by atoms with E-state index in [1.165, 1.54) is 6.42 Å². The van der Waals surface area contributed by atoms with Gasteiger partial charge in [0.25, 0.3) is 0 Å². The van der Waals surface area contributed by atoms with Crippen molar-refractivity contribution in [1.29, 1.82) is 0 Å². The number of likely N-dealkylation sites (N-methyl/N-ethyl adjacent to an activating group) is 1. The lowest BCUT2D eigenvalue weighted by molar-refractivity contribution is -0.0482. The van der Waals surface area contributed by atoms with Crippen LogP contribution in [0.25, 0.3) is 0 Å². The van der Waals surface area contributed by atoms with Crippen molar-refractivity contribution in [2.75, 3.05) is 26.8 Å². The van der Waals surface area contributed by atoms with Crippen LogP contribution in [-0.2, 0) is 4.74 Å². The molecule has 0 amide bonds. The summed E-state index contributed by atoms with van der Waals surface area (Å²) in [6.45, 7) is 7.33. The minimum atomic E-state index is 0.290. The van der Waals surface area contributed by atoms with Crippen LogP contribution in [0, 0.1) is 0 Å². The standard InChI is InChI=1S/C8H17NO/c1-4-8(2)7-10-6-5-9(8)3/h4-7H2,1-3H3. The predicted octanol–water partition coefficient (Wildman–Crippen LogP) is 1.12. The molecule has 0 aromatic heterocycles. The van der Waals surface area contributed by atoms with Gasteiger partial charge in [-0.2, -0.15) is 0 Å². The van der Waals surface area contributed by atoms with Crippen LogP contribution < -0.4 is 0 Å². The molecule has 1 atom stereocenters. The Labute approximate surface area is 63.2 Å². The number of nitrogens with zero attached hydrogens (tertiary/aromatic N) is 1. The number of ether oxygens (including phenoxy) is 1. The summed E-state index contributed by atoms with van der Waals surface area (Å²) in [5, 5.41) is 0. The van der Waals surface area contributed by atoms with Gasteiger partial charge in [0.2, 0.25) is 0 Å². The normalized spacial score (nSPS) is 36.3. The van der Waals surface area contributed by atoms with E-state index in [4.69, 9.17) is 4.74 Å². The molecular weight excluding hydrogens is 126 g/mol. The zero-order chi connectivity index (χ0) is 7.61. The molecule has 1 aliphatic rings. The summed E-state index contributed by atoms with van der Waals surface area (Å²) in [7, 11) is 2.17. The zero-order valence-corrected chi connectivity index (χ0v) is 7.18. The van der Waals surface area contributed by atoms with Gasteiger partial charge in [-0.1, -0.05) is 6.92 Å². The van der Waals surface area contributed by atoms with E-state index in [-0.39, 0.29) is 5.54 Å². The first-order chi connectivity index (χ1) is 4.69. The molecule has 0 spiro atoms. The van der Waals surface area contributed by atoms with Crippen LogP contribution in [0.15, 0.2) is 0 Å². The Morgan fingerprint density at radius 3 is 2.70 bits per heavy atom. The monoisotopic (exact) mass is 143 g/mol. The Bertz CT molecular complexity index is 116. The number of morpholine rings is 1. The maximum atomic E-state index is 5.40. The quantitative estimate of drug-likeness (QED) is 0.545. The van der Waals surface area contributed by atoms with E-state index in [1.807, 2.05) is 0 Å². The largest absolute Gasteiger partial charge is 0.378 e. The zero-order valence-electron chi connectivity index (χ0n) is 7.18. The highest BCUT2D eigenvalue weighted by Crippen LogP contribution is 2.20. The lowest BCUT2D eigenvalue weighted by atomic mass is 9.97.